The summed E-state index contributed by atoms with van der Waals surface area (Å²) in [4.78, 5) is 19.7. The number of aryl methyl sites for hydroxylation is 2. The number of rotatable bonds is 5. The molecule has 0 saturated heterocycles. The molecule has 0 radical (unpaired) electrons. The second-order valence-electron chi connectivity index (χ2n) is 5.78. The van der Waals surface area contributed by atoms with Crippen LogP contribution in [-0.2, 0) is 6.54 Å². The Morgan fingerprint density at radius 2 is 2.20 bits per heavy atom. The molecule has 1 atom stereocenters. The van der Waals surface area contributed by atoms with Gasteiger partial charge in [0.1, 0.15) is 5.69 Å². The minimum atomic E-state index is -0.194. The molecule has 3 rings (SSSR count). The molecular weight excluding hydrogens is 340 g/mol. The first-order chi connectivity index (χ1) is 12.0. The molecular formula is C17H20N4O3S. The summed E-state index contributed by atoms with van der Waals surface area (Å²) < 4.78 is 10.5. The Balaban J connectivity index is 1.59. The van der Waals surface area contributed by atoms with Crippen LogP contribution in [0.1, 0.15) is 34.2 Å². The molecule has 3 aromatic heterocycles. The molecule has 0 saturated carbocycles. The summed E-state index contributed by atoms with van der Waals surface area (Å²) in [6.07, 6.45) is 1.57. The second-order valence-corrected chi connectivity index (χ2v) is 7.19. The minimum Gasteiger partial charge on any atom is -0.461 e. The van der Waals surface area contributed by atoms with E-state index in [9.17, 15) is 4.79 Å². The molecule has 0 spiro atoms. The number of urea groups is 1. The van der Waals surface area contributed by atoms with Crippen LogP contribution in [0.3, 0.4) is 0 Å². The summed E-state index contributed by atoms with van der Waals surface area (Å²) in [6, 6.07) is 5.01. The molecule has 132 valence electrons. The fourth-order valence-electron chi connectivity index (χ4n) is 2.51. The lowest BCUT2D eigenvalue weighted by Gasteiger charge is -2.24. The van der Waals surface area contributed by atoms with Gasteiger partial charge < -0.3 is 19.2 Å². The van der Waals surface area contributed by atoms with Gasteiger partial charge in [-0.05, 0) is 32.9 Å². The van der Waals surface area contributed by atoms with Crippen LogP contribution in [0.2, 0.25) is 0 Å². The largest absolute Gasteiger partial charge is 0.461 e. The first-order valence-corrected chi connectivity index (χ1v) is 8.71. The SMILES string of the molecule is Cc1nc([C@@H](C)N(C)C(=O)NCc2cc(-c3ccco3)on2)c(C)s1. The molecule has 7 nitrogen and oxygen atoms in total. The second kappa shape index (κ2) is 7.10. The Kier molecular flexibility index (Phi) is 4.89. The molecule has 1 N–H and O–H groups in total. The third-order valence-corrected chi connectivity index (χ3v) is 4.88. The first kappa shape index (κ1) is 17.2. The number of furan rings is 1. The van der Waals surface area contributed by atoms with Gasteiger partial charge >= 0.3 is 6.03 Å². The molecule has 0 aliphatic carbocycles. The van der Waals surface area contributed by atoms with E-state index >= 15 is 0 Å². The number of hydrogen-bond donors (Lipinski definition) is 1. The van der Waals surface area contributed by atoms with Crippen molar-refractivity contribution in [2.45, 2.75) is 33.4 Å². The number of nitrogens with one attached hydrogen (secondary N) is 1. The quantitative estimate of drug-likeness (QED) is 0.746. The van der Waals surface area contributed by atoms with Crippen molar-refractivity contribution in [3.63, 3.8) is 0 Å². The van der Waals surface area contributed by atoms with Gasteiger partial charge in [-0.25, -0.2) is 9.78 Å². The summed E-state index contributed by atoms with van der Waals surface area (Å²) in [5.74, 6) is 1.13. The monoisotopic (exact) mass is 360 g/mol. The molecule has 8 heteroatoms. The third kappa shape index (κ3) is 3.74. The van der Waals surface area contributed by atoms with Gasteiger partial charge in [-0.15, -0.1) is 11.3 Å². The Bertz CT molecular complexity index is 853. The molecule has 25 heavy (non-hydrogen) atoms. The van der Waals surface area contributed by atoms with Gasteiger partial charge in [0.15, 0.2) is 5.76 Å². The van der Waals surface area contributed by atoms with Crippen molar-refractivity contribution >= 4 is 17.4 Å². The van der Waals surface area contributed by atoms with Crippen molar-refractivity contribution in [2.24, 2.45) is 0 Å². The molecule has 0 aromatic carbocycles. The van der Waals surface area contributed by atoms with E-state index in [1.54, 1.807) is 47.7 Å². The highest BCUT2D eigenvalue weighted by atomic mass is 32.1. The zero-order valence-electron chi connectivity index (χ0n) is 14.6. The average molecular weight is 360 g/mol. The van der Waals surface area contributed by atoms with Gasteiger partial charge in [0, 0.05) is 18.0 Å². The van der Waals surface area contributed by atoms with Crippen molar-refractivity contribution in [2.75, 3.05) is 7.05 Å². The van der Waals surface area contributed by atoms with E-state index in [0.717, 1.165) is 15.6 Å². The van der Waals surface area contributed by atoms with E-state index in [1.807, 2.05) is 20.8 Å². The molecule has 3 aromatic rings. The number of aromatic nitrogens is 2. The predicted octanol–water partition coefficient (Wildman–Crippen LogP) is 3.91. The van der Waals surface area contributed by atoms with Crippen molar-refractivity contribution in [3.8, 4) is 11.5 Å². The maximum Gasteiger partial charge on any atom is 0.318 e. The normalized spacial score (nSPS) is 12.2. The molecule has 2 amide bonds. The van der Waals surface area contributed by atoms with E-state index in [0.29, 0.717) is 17.2 Å². The maximum atomic E-state index is 12.4. The lowest BCUT2D eigenvalue weighted by molar-refractivity contribution is 0.192. The Hall–Kier alpha value is -2.61. The van der Waals surface area contributed by atoms with Crippen molar-refractivity contribution in [1.29, 1.82) is 0 Å². The smallest absolute Gasteiger partial charge is 0.318 e. The summed E-state index contributed by atoms with van der Waals surface area (Å²) >= 11 is 1.64. The fourth-order valence-corrected chi connectivity index (χ4v) is 3.42. The van der Waals surface area contributed by atoms with Crippen molar-refractivity contribution in [1.82, 2.24) is 20.4 Å². The number of amides is 2. The molecule has 3 heterocycles. The number of carbonyl (C=O) groups is 1. The fraction of sp³-hybridized carbons (Fsp3) is 0.353. The van der Waals surface area contributed by atoms with E-state index in [2.05, 4.69) is 15.5 Å². The lowest BCUT2D eigenvalue weighted by Crippen LogP contribution is -2.38. The van der Waals surface area contributed by atoms with Gasteiger partial charge in [0.05, 0.1) is 29.6 Å². The van der Waals surface area contributed by atoms with Crippen LogP contribution in [0.4, 0.5) is 4.79 Å². The molecule has 0 bridgehead atoms. The Labute approximate surface area is 149 Å². The van der Waals surface area contributed by atoms with Gasteiger partial charge in [-0.3, -0.25) is 0 Å². The number of hydrogen-bond acceptors (Lipinski definition) is 6. The van der Waals surface area contributed by atoms with Crippen molar-refractivity contribution < 1.29 is 13.7 Å². The highest BCUT2D eigenvalue weighted by Crippen LogP contribution is 2.26. The van der Waals surface area contributed by atoms with Crippen LogP contribution in [-0.4, -0.2) is 28.1 Å². The van der Waals surface area contributed by atoms with Crippen LogP contribution in [0.15, 0.2) is 33.4 Å². The standard InChI is InChI=1S/C17H20N4O3S/c1-10(16-11(2)25-12(3)19-16)21(4)17(22)18-9-13-8-15(24-20-13)14-6-5-7-23-14/h5-8,10H,9H2,1-4H3,(H,18,22)/t10-/m1/s1. The van der Waals surface area contributed by atoms with Gasteiger partial charge in [0.25, 0.3) is 0 Å². The van der Waals surface area contributed by atoms with E-state index in [4.69, 9.17) is 8.94 Å². The van der Waals surface area contributed by atoms with E-state index in [-0.39, 0.29) is 18.6 Å². The number of carbonyl (C=O) groups excluding carboxylic acids is 1. The maximum absolute atomic E-state index is 12.4. The average Bonchev–Trinajstić information content (AvgIpc) is 3.31. The summed E-state index contributed by atoms with van der Waals surface area (Å²) in [7, 11) is 1.76. The zero-order chi connectivity index (χ0) is 18.0. The number of thiazole rings is 1. The van der Waals surface area contributed by atoms with Crippen LogP contribution in [0.5, 0.6) is 0 Å². The van der Waals surface area contributed by atoms with Crippen molar-refractivity contribution in [3.05, 3.63) is 45.7 Å². The highest BCUT2D eigenvalue weighted by molar-refractivity contribution is 7.11. The summed E-state index contributed by atoms with van der Waals surface area (Å²) in [6.45, 7) is 6.23. The molecule has 0 aliphatic heterocycles. The van der Waals surface area contributed by atoms with Gasteiger partial charge in [-0.1, -0.05) is 5.16 Å². The zero-order valence-corrected chi connectivity index (χ0v) is 15.4. The highest BCUT2D eigenvalue weighted by Gasteiger charge is 2.21. The van der Waals surface area contributed by atoms with Crippen LogP contribution in [0, 0.1) is 13.8 Å². The van der Waals surface area contributed by atoms with E-state index in [1.165, 1.54) is 0 Å². The Morgan fingerprint density at radius 1 is 1.40 bits per heavy atom. The van der Waals surface area contributed by atoms with Crippen LogP contribution < -0.4 is 5.32 Å². The third-order valence-electron chi connectivity index (χ3n) is 3.98. The summed E-state index contributed by atoms with van der Waals surface area (Å²) in [5.41, 5.74) is 1.56. The minimum absolute atomic E-state index is 0.110. The first-order valence-electron chi connectivity index (χ1n) is 7.89. The molecule has 0 fully saturated rings. The van der Waals surface area contributed by atoms with Gasteiger partial charge in [0.2, 0.25) is 5.76 Å². The Morgan fingerprint density at radius 3 is 2.84 bits per heavy atom. The molecule has 0 aliphatic rings. The van der Waals surface area contributed by atoms with Crippen LogP contribution in [0.25, 0.3) is 11.5 Å². The molecule has 0 unspecified atom stereocenters. The summed E-state index contributed by atoms with van der Waals surface area (Å²) in [5, 5.41) is 7.79. The number of nitrogens with zero attached hydrogens (tertiary/aromatic N) is 3. The topological polar surface area (TPSA) is 84.4 Å². The van der Waals surface area contributed by atoms with Crippen LogP contribution >= 0.6 is 11.3 Å². The van der Waals surface area contributed by atoms with Gasteiger partial charge in [-0.2, -0.15) is 0 Å². The lowest BCUT2D eigenvalue weighted by atomic mass is 10.2. The van der Waals surface area contributed by atoms with E-state index < -0.39 is 0 Å². The predicted molar refractivity (Wildman–Crippen MR) is 94.2 cm³/mol.